The number of nitrogens with zero attached hydrogens (tertiary/aromatic N) is 2. The van der Waals surface area contributed by atoms with E-state index in [0.717, 1.165) is 23.0 Å². The first-order chi connectivity index (χ1) is 7.47. The number of aromatic nitrogens is 2. The molecule has 1 rings (SSSR count). The summed E-state index contributed by atoms with van der Waals surface area (Å²) >= 11 is 3.61. The van der Waals surface area contributed by atoms with Gasteiger partial charge in [-0.15, -0.1) is 0 Å². The van der Waals surface area contributed by atoms with Gasteiger partial charge in [-0.2, -0.15) is 5.10 Å². The Morgan fingerprint density at radius 3 is 2.44 bits per heavy atom. The van der Waals surface area contributed by atoms with Crippen molar-refractivity contribution in [3.8, 4) is 0 Å². The predicted molar refractivity (Wildman–Crippen MR) is 71.7 cm³/mol. The summed E-state index contributed by atoms with van der Waals surface area (Å²) in [6, 6.07) is 0.571. The molecular weight excluding hydrogens is 266 g/mol. The molecule has 0 amide bonds. The zero-order chi connectivity index (χ0) is 12.3. The highest BCUT2D eigenvalue weighted by Gasteiger charge is 2.15. The summed E-state index contributed by atoms with van der Waals surface area (Å²) < 4.78 is 3.14. The van der Waals surface area contributed by atoms with Gasteiger partial charge in [-0.05, 0) is 48.7 Å². The summed E-state index contributed by atoms with van der Waals surface area (Å²) in [5.41, 5.74) is 2.36. The van der Waals surface area contributed by atoms with Gasteiger partial charge in [0.2, 0.25) is 0 Å². The lowest BCUT2D eigenvalue weighted by Crippen LogP contribution is -2.31. The van der Waals surface area contributed by atoms with Gasteiger partial charge in [0.1, 0.15) is 0 Å². The number of halogens is 1. The third kappa shape index (κ3) is 3.08. The standard InChI is InChI=1S/C12H22BrN3/c1-8(2)10(14-4)6-7-11-12(13)9(3)15-16(11)5/h8,10,14H,6-7H2,1-5H3. The first-order valence-corrected chi connectivity index (χ1v) is 6.61. The first kappa shape index (κ1) is 13.7. The normalized spacial score (nSPS) is 13.4. The van der Waals surface area contributed by atoms with Crippen LogP contribution in [-0.4, -0.2) is 22.9 Å². The van der Waals surface area contributed by atoms with Crippen molar-refractivity contribution in [2.24, 2.45) is 13.0 Å². The van der Waals surface area contributed by atoms with Gasteiger partial charge in [-0.25, -0.2) is 0 Å². The lowest BCUT2D eigenvalue weighted by atomic mass is 9.98. The Balaban J connectivity index is 2.67. The molecule has 0 aliphatic carbocycles. The number of rotatable bonds is 5. The molecule has 0 aromatic carbocycles. The Hall–Kier alpha value is -0.350. The maximum atomic E-state index is 4.41. The van der Waals surface area contributed by atoms with Crippen molar-refractivity contribution in [3.05, 3.63) is 15.9 Å². The summed E-state index contributed by atoms with van der Waals surface area (Å²) in [6.45, 7) is 6.54. The molecule has 4 heteroatoms. The molecule has 0 saturated heterocycles. The highest BCUT2D eigenvalue weighted by Crippen LogP contribution is 2.22. The summed E-state index contributed by atoms with van der Waals surface area (Å²) in [4.78, 5) is 0. The Morgan fingerprint density at radius 1 is 1.44 bits per heavy atom. The Labute approximate surface area is 107 Å². The molecule has 1 heterocycles. The molecule has 92 valence electrons. The maximum Gasteiger partial charge on any atom is 0.0738 e. The van der Waals surface area contributed by atoms with Gasteiger partial charge in [0, 0.05) is 13.1 Å². The fraction of sp³-hybridized carbons (Fsp3) is 0.750. The van der Waals surface area contributed by atoms with Crippen molar-refractivity contribution in [2.45, 2.75) is 39.7 Å². The van der Waals surface area contributed by atoms with E-state index < -0.39 is 0 Å². The van der Waals surface area contributed by atoms with Crippen LogP contribution in [0, 0.1) is 12.8 Å². The molecule has 0 aliphatic rings. The second-order valence-corrected chi connectivity index (χ2v) is 5.44. The summed E-state index contributed by atoms with van der Waals surface area (Å²) in [7, 11) is 4.05. The minimum absolute atomic E-state index is 0.571. The van der Waals surface area contributed by atoms with Crippen LogP contribution in [0.15, 0.2) is 4.47 Å². The number of hydrogen-bond donors (Lipinski definition) is 1. The smallest absolute Gasteiger partial charge is 0.0738 e. The van der Waals surface area contributed by atoms with E-state index in [1.165, 1.54) is 5.69 Å². The minimum atomic E-state index is 0.571. The van der Waals surface area contributed by atoms with E-state index in [0.29, 0.717) is 12.0 Å². The second-order valence-electron chi connectivity index (χ2n) is 4.65. The van der Waals surface area contributed by atoms with E-state index in [1.54, 1.807) is 0 Å². The Morgan fingerprint density at radius 2 is 2.06 bits per heavy atom. The molecule has 0 bridgehead atoms. The van der Waals surface area contributed by atoms with E-state index in [1.807, 2.05) is 25.7 Å². The van der Waals surface area contributed by atoms with Gasteiger partial charge in [0.25, 0.3) is 0 Å². The quantitative estimate of drug-likeness (QED) is 0.902. The molecule has 1 aromatic rings. The molecule has 0 radical (unpaired) electrons. The van der Waals surface area contributed by atoms with Crippen LogP contribution in [-0.2, 0) is 13.5 Å². The number of nitrogens with one attached hydrogen (secondary N) is 1. The van der Waals surface area contributed by atoms with Crippen LogP contribution in [0.2, 0.25) is 0 Å². The van der Waals surface area contributed by atoms with E-state index in [-0.39, 0.29) is 0 Å². The zero-order valence-corrected chi connectivity index (χ0v) is 12.4. The average molecular weight is 288 g/mol. The van der Waals surface area contributed by atoms with Gasteiger partial charge >= 0.3 is 0 Å². The summed E-state index contributed by atoms with van der Waals surface area (Å²) in [5, 5.41) is 7.78. The SMILES string of the molecule is CNC(CCc1c(Br)c(C)nn1C)C(C)C. The third-order valence-electron chi connectivity index (χ3n) is 3.13. The van der Waals surface area contributed by atoms with Crippen LogP contribution in [0.3, 0.4) is 0 Å². The molecule has 1 atom stereocenters. The molecule has 1 unspecified atom stereocenters. The fourth-order valence-electron chi connectivity index (χ4n) is 2.05. The fourth-order valence-corrected chi connectivity index (χ4v) is 2.59. The van der Waals surface area contributed by atoms with Crippen LogP contribution in [0.1, 0.15) is 31.7 Å². The molecule has 16 heavy (non-hydrogen) atoms. The van der Waals surface area contributed by atoms with Crippen LogP contribution >= 0.6 is 15.9 Å². The third-order valence-corrected chi connectivity index (χ3v) is 4.16. The Kier molecular flexibility index (Phi) is 4.99. The van der Waals surface area contributed by atoms with Gasteiger partial charge in [0.15, 0.2) is 0 Å². The number of hydrogen-bond acceptors (Lipinski definition) is 2. The van der Waals surface area contributed by atoms with Crippen molar-refractivity contribution >= 4 is 15.9 Å². The molecule has 0 aliphatic heterocycles. The lowest BCUT2D eigenvalue weighted by molar-refractivity contribution is 0.399. The first-order valence-electron chi connectivity index (χ1n) is 5.82. The van der Waals surface area contributed by atoms with Crippen molar-refractivity contribution in [2.75, 3.05) is 7.05 Å². The van der Waals surface area contributed by atoms with E-state index in [2.05, 4.69) is 40.2 Å². The zero-order valence-electron chi connectivity index (χ0n) is 10.8. The highest BCUT2D eigenvalue weighted by atomic mass is 79.9. The predicted octanol–water partition coefficient (Wildman–Crippen LogP) is 2.67. The second kappa shape index (κ2) is 5.82. The monoisotopic (exact) mass is 287 g/mol. The summed E-state index contributed by atoms with van der Waals surface area (Å²) in [6.07, 6.45) is 2.20. The maximum absolute atomic E-state index is 4.41. The molecule has 1 aromatic heterocycles. The summed E-state index contributed by atoms with van der Waals surface area (Å²) in [5.74, 6) is 0.665. The topological polar surface area (TPSA) is 29.9 Å². The van der Waals surface area contributed by atoms with E-state index in [4.69, 9.17) is 0 Å². The van der Waals surface area contributed by atoms with Crippen LogP contribution < -0.4 is 5.32 Å². The largest absolute Gasteiger partial charge is 0.317 e. The van der Waals surface area contributed by atoms with Gasteiger partial charge < -0.3 is 5.32 Å². The van der Waals surface area contributed by atoms with E-state index >= 15 is 0 Å². The Bertz CT molecular complexity index is 344. The molecule has 0 fully saturated rings. The number of aryl methyl sites for hydroxylation is 2. The van der Waals surface area contributed by atoms with E-state index in [9.17, 15) is 0 Å². The van der Waals surface area contributed by atoms with Crippen molar-refractivity contribution in [1.82, 2.24) is 15.1 Å². The average Bonchev–Trinajstić information content (AvgIpc) is 2.44. The van der Waals surface area contributed by atoms with Crippen LogP contribution in [0.5, 0.6) is 0 Å². The molecule has 3 nitrogen and oxygen atoms in total. The van der Waals surface area contributed by atoms with Crippen molar-refractivity contribution in [1.29, 1.82) is 0 Å². The van der Waals surface area contributed by atoms with Crippen LogP contribution in [0.25, 0.3) is 0 Å². The molecule has 0 spiro atoms. The van der Waals surface area contributed by atoms with Gasteiger partial charge in [0.05, 0.1) is 15.9 Å². The van der Waals surface area contributed by atoms with Crippen molar-refractivity contribution in [3.63, 3.8) is 0 Å². The van der Waals surface area contributed by atoms with Crippen molar-refractivity contribution < 1.29 is 0 Å². The molecule has 1 N–H and O–H groups in total. The molecule has 0 saturated carbocycles. The van der Waals surface area contributed by atoms with Gasteiger partial charge in [-0.3, -0.25) is 4.68 Å². The lowest BCUT2D eigenvalue weighted by Gasteiger charge is -2.20. The van der Waals surface area contributed by atoms with Gasteiger partial charge in [-0.1, -0.05) is 13.8 Å². The minimum Gasteiger partial charge on any atom is -0.317 e. The molecular formula is C12H22BrN3. The van der Waals surface area contributed by atoms with Crippen LogP contribution in [0.4, 0.5) is 0 Å². The highest BCUT2D eigenvalue weighted by molar-refractivity contribution is 9.10.